The predicted molar refractivity (Wildman–Crippen MR) is 98.8 cm³/mol. The van der Waals surface area contributed by atoms with Crippen molar-refractivity contribution < 1.29 is 9.53 Å². The molecule has 1 N–H and O–H groups in total. The number of hydrogen-bond acceptors (Lipinski definition) is 5. The van der Waals surface area contributed by atoms with Gasteiger partial charge in [-0.25, -0.2) is 4.98 Å². The largest absolute Gasteiger partial charge is 0.381 e. The van der Waals surface area contributed by atoms with Crippen molar-refractivity contribution in [2.45, 2.75) is 25.8 Å². The van der Waals surface area contributed by atoms with Gasteiger partial charge in [0, 0.05) is 51.4 Å². The Hall–Kier alpha value is -2.47. The first-order valence-electron chi connectivity index (χ1n) is 9.20. The van der Waals surface area contributed by atoms with Crippen LogP contribution in [0.25, 0.3) is 0 Å². The van der Waals surface area contributed by atoms with Gasteiger partial charge < -0.3 is 15.0 Å². The fraction of sp³-hybridized carbons (Fsp3) is 0.450. The van der Waals surface area contributed by atoms with E-state index in [0.717, 1.165) is 56.9 Å². The van der Waals surface area contributed by atoms with Crippen molar-refractivity contribution in [1.29, 1.82) is 0 Å². The molecule has 4 rings (SSSR count). The number of nitrogens with zero attached hydrogens (tertiary/aromatic N) is 3. The number of likely N-dealkylation sites (tertiary alicyclic amines) is 1. The Bertz CT molecular complexity index is 742. The van der Waals surface area contributed by atoms with Gasteiger partial charge in [0.1, 0.15) is 5.82 Å². The third-order valence-corrected chi connectivity index (χ3v) is 5.49. The molecule has 2 aliphatic heterocycles. The monoisotopic (exact) mass is 352 g/mol. The third-order valence-electron chi connectivity index (χ3n) is 5.49. The van der Waals surface area contributed by atoms with E-state index in [9.17, 15) is 4.79 Å². The standard InChI is InChI=1S/C20H24N4O2/c25-19(24-9-5-20(15-24)6-10-26-11-7-20)17-3-4-18(23-14-17)22-13-16-2-1-8-21-12-16/h1-4,8,12,14H,5-7,9-11,13,15H2,(H,22,23). The van der Waals surface area contributed by atoms with E-state index < -0.39 is 0 Å². The average Bonchev–Trinajstić information content (AvgIpc) is 3.11. The normalized spacial score (nSPS) is 18.8. The van der Waals surface area contributed by atoms with Crippen LogP contribution >= 0.6 is 0 Å². The number of pyridine rings is 2. The highest BCUT2D eigenvalue weighted by Crippen LogP contribution is 2.40. The number of amides is 1. The molecule has 0 radical (unpaired) electrons. The molecule has 26 heavy (non-hydrogen) atoms. The second-order valence-corrected chi connectivity index (χ2v) is 7.24. The molecule has 2 aromatic heterocycles. The van der Waals surface area contributed by atoms with Gasteiger partial charge in [0.05, 0.1) is 5.56 Å². The van der Waals surface area contributed by atoms with Gasteiger partial charge in [-0.1, -0.05) is 6.07 Å². The molecule has 1 amide bonds. The minimum Gasteiger partial charge on any atom is -0.381 e. The zero-order valence-electron chi connectivity index (χ0n) is 14.9. The van der Waals surface area contributed by atoms with E-state index >= 15 is 0 Å². The number of anilines is 1. The summed E-state index contributed by atoms with van der Waals surface area (Å²) in [5, 5.41) is 3.25. The van der Waals surface area contributed by atoms with E-state index in [0.29, 0.717) is 12.1 Å². The molecule has 6 nitrogen and oxygen atoms in total. The molecule has 4 heterocycles. The lowest BCUT2D eigenvalue weighted by Crippen LogP contribution is -2.35. The van der Waals surface area contributed by atoms with E-state index in [1.54, 1.807) is 12.4 Å². The predicted octanol–water partition coefficient (Wildman–Crippen LogP) is 2.73. The lowest BCUT2D eigenvalue weighted by Gasteiger charge is -2.33. The van der Waals surface area contributed by atoms with E-state index in [4.69, 9.17) is 4.74 Å². The molecule has 2 aliphatic rings. The van der Waals surface area contributed by atoms with Crippen molar-refractivity contribution in [3.05, 3.63) is 54.0 Å². The van der Waals surface area contributed by atoms with Crippen molar-refractivity contribution in [3.63, 3.8) is 0 Å². The van der Waals surface area contributed by atoms with Gasteiger partial charge in [0.15, 0.2) is 0 Å². The van der Waals surface area contributed by atoms with E-state index in [2.05, 4.69) is 15.3 Å². The van der Waals surface area contributed by atoms with Crippen molar-refractivity contribution in [3.8, 4) is 0 Å². The Morgan fingerprint density at radius 2 is 2.08 bits per heavy atom. The average molecular weight is 352 g/mol. The van der Waals surface area contributed by atoms with Crippen LogP contribution in [-0.4, -0.2) is 47.1 Å². The molecule has 136 valence electrons. The quantitative estimate of drug-likeness (QED) is 0.916. The highest BCUT2D eigenvalue weighted by molar-refractivity contribution is 5.94. The Labute approximate surface area is 153 Å². The Morgan fingerprint density at radius 3 is 2.81 bits per heavy atom. The molecule has 0 aromatic carbocycles. The molecular formula is C20H24N4O2. The molecule has 0 unspecified atom stereocenters. The SMILES string of the molecule is O=C(c1ccc(NCc2cccnc2)nc1)N1CCC2(CCOCC2)C1. The number of carbonyl (C=O) groups is 1. The third kappa shape index (κ3) is 3.70. The number of hydrogen-bond donors (Lipinski definition) is 1. The highest BCUT2D eigenvalue weighted by Gasteiger charge is 2.41. The van der Waals surface area contributed by atoms with Crippen molar-refractivity contribution in [2.24, 2.45) is 5.41 Å². The van der Waals surface area contributed by atoms with Gasteiger partial charge in [-0.05, 0) is 48.4 Å². The summed E-state index contributed by atoms with van der Waals surface area (Å²) in [6.07, 6.45) is 8.46. The minimum absolute atomic E-state index is 0.0830. The van der Waals surface area contributed by atoms with Gasteiger partial charge in [0.25, 0.3) is 5.91 Å². The summed E-state index contributed by atoms with van der Waals surface area (Å²) >= 11 is 0. The highest BCUT2D eigenvalue weighted by atomic mass is 16.5. The molecule has 0 atom stereocenters. The lowest BCUT2D eigenvalue weighted by molar-refractivity contribution is 0.0191. The van der Waals surface area contributed by atoms with Crippen LogP contribution in [-0.2, 0) is 11.3 Å². The summed E-state index contributed by atoms with van der Waals surface area (Å²) in [4.78, 5) is 23.3. The number of nitrogens with one attached hydrogen (secondary N) is 1. The van der Waals surface area contributed by atoms with Crippen LogP contribution in [0.5, 0.6) is 0 Å². The molecule has 6 heteroatoms. The van der Waals surface area contributed by atoms with Gasteiger partial charge in [0.2, 0.25) is 0 Å². The van der Waals surface area contributed by atoms with Crippen LogP contribution in [0, 0.1) is 5.41 Å². The van der Waals surface area contributed by atoms with Gasteiger partial charge in [-0.2, -0.15) is 0 Å². The van der Waals surface area contributed by atoms with E-state index in [1.807, 2.05) is 35.4 Å². The summed E-state index contributed by atoms with van der Waals surface area (Å²) in [6.45, 7) is 3.97. The summed E-state index contributed by atoms with van der Waals surface area (Å²) in [6, 6.07) is 7.64. The molecule has 2 aromatic rings. The number of rotatable bonds is 4. The van der Waals surface area contributed by atoms with Crippen LogP contribution in [0.15, 0.2) is 42.9 Å². The van der Waals surface area contributed by atoms with Crippen molar-refractivity contribution in [1.82, 2.24) is 14.9 Å². The smallest absolute Gasteiger partial charge is 0.255 e. The summed E-state index contributed by atoms with van der Waals surface area (Å²) in [5.41, 5.74) is 2.02. The minimum atomic E-state index is 0.0830. The second-order valence-electron chi connectivity index (χ2n) is 7.24. The Balaban J connectivity index is 1.35. The maximum absolute atomic E-state index is 12.8. The first-order chi connectivity index (χ1) is 12.7. The zero-order chi connectivity index (χ0) is 17.8. The maximum atomic E-state index is 12.8. The van der Waals surface area contributed by atoms with E-state index in [-0.39, 0.29) is 11.3 Å². The van der Waals surface area contributed by atoms with Crippen LogP contribution in [0.2, 0.25) is 0 Å². The molecular weight excluding hydrogens is 328 g/mol. The molecule has 0 saturated carbocycles. The van der Waals surface area contributed by atoms with Gasteiger partial charge >= 0.3 is 0 Å². The van der Waals surface area contributed by atoms with Crippen LogP contribution < -0.4 is 5.32 Å². The Kier molecular flexibility index (Phi) is 4.84. The lowest BCUT2D eigenvalue weighted by atomic mass is 9.80. The fourth-order valence-electron chi connectivity index (χ4n) is 3.82. The number of carbonyl (C=O) groups excluding carboxylic acids is 1. The molecule has 1 spiro atoms. The van der Waals surface area contributed by atoms with Gasteiger partial charge in [-0.15, -0.1) is 0 Å². The van der Waals surface area contributed by atoms with Crippen LogP contribution in [0.3, 0.4) is 0 Å². The molecule has 0 bridgehead atoms. The number of aromatic nitrogens is 2. The maximum Gasteiger partial charge on any atom is 0.255 e. The first-order valence-corrected chi connectivity index (χ1v) is 9.20. The Morgan fingerprint density at radius 1 is 1.19 bits per heavy atom. The van der Waals surface area contributed by atoms with Crippen molar-refractivity contribution in [2.75, 3.05) is 31.6 Å². The van der Waals surface area contributed by atoms with Crippen LogP contribution in [0.1, 0.15) is 35.2 Å². The van der Waals surface area contributed by atoms with Crippen molar-refractivity contribution >= 4 is 11.7 Å². The fourth-order valence-corrected chi connectivity index (χ4v) is 3.82. The molecule has 2 fully saturated rings. The zero-order valence-corrected chi connectivity index (χ0v) is 14.9. The summed E-state index contributed by atoms with van der Waals surface area (Å²) in [7, 11) is 0. The first kappa shape index (κ1) is 17.0. The molecule has 2 saturated heterocycles. The second kappa shape index (κ2) is 7.41. The summed E-state index contributed by atoms with van der Waals surface area (Å²) < 4.78 is 5.48. The van der Waals surface area contributed by atoms with Gasteiger partial charge in [-0.3, -0.25) is 9.78 Å². The molecule has 0 aliphatic carbocycles. The number of ether oxygens (including phenoxy) is 1. The topological polar surface area (TPSA) is 67.4 Å². The van der Waals surface area contributed by atoms with E-state index in [1.165, 1.54) is 0 Å². The van der Waals surface area contributed by atoms with Crippen LogP contribution in [0.4, 0.5) is 5.82 Å². The summed E-state index contributed by atoms with van der Waals surface area (Å²) in [5.74, 6) is 0.840.